The van der Waals surface area contributed by atoms with E-state index in [1.807, 2.05) is 24.3 Å². The van der Waals surface area contributed by atoms with Crippen LogP contribution in [-0.4, -0.2) is 44.2 Å². The Hall–Kier alpha value is -2.30. The maximum absolute atomic E-state index is 10.6. The topological polar surface area (TPSA) is 46.9 Å². The molecule has 2 aromatic carbocycles. The maximum Gasteiger partial charge on any atom is 0.120 e. The normalized spacial score (nSPS) is 13.2. The third-order valence-electron chi connectivity index (χ3n) is 6.95. The van der Waals surface area contributed by atoms with Gasteiger partial charge in [-0.1, -0.05) is 12.1 Å². The van der Waals surface area contributed by atoms with Gasteiger partial charge < -0.3 is 10.2 Å². The van der Waals surface area contributed by atoms with Crippen LogP contribution in [-0.2, 0) is 13.1 Å². The van der Waals surface area contributed by atoms with E-state index >= 15 is 0 Å². The van der Waals surface area contributed by atoms with Gasteiger partial charge in [0.15, 0.2) is 0 Å². The van der Waals surface area contributed by atoms with Gasteiger partial charge in [0, 0.05) is 48.4 Å². The van der Waals surface area contributed by atoms with Crippen LogP contribution in [0.2, 0.25) is 0 Å². The minimum absolute atomic E-state index is 0.342. The van der Waals surface area contributed by atoms with Crippen molar-refractivity contribution in [3.05, 3.63) is 58.7 Å². The molecule has 0 radical (unpaired) electrons. The molecule has 0 aliphatic carbocycles. The fourth-order valence-electron chi connectivity index (χ4n) is 4.64. The number of hydrogen-bond donors (Lipinski definition) is 2. The lowest BCUT2D eigenvalue weighted by Crippen LogP contribution is -2.36. The number of phenolic OH excluding ortho intramolecular Hbond substituents is 2. The van der Waals surface area contributed by atoms with E-state index in [2.05, 4.69) is 91.2 Å². The lowest BCUT2D eigenvalue weighted by Gasteiger charge is -2.31. The molecule has 0 heterocycles. The van der Waals surface area contributed by atoms with Crippen LogP contribution < -0.4 is 0 Å². The van der Waals surface area contributed by atoms with Gasteiger partial charge >= 0.3 is 0 Å². The summed E-state index contributed by atoms with van der Waals surface area (Å²) in [6.45, 7) is 23.2. The molecule has 0 bridgehead atoms. The first-order valence-corrected chi connectivity index (χ1v) is 12.7. The molecule has 4 nitrogen and oxygen atoms in total. The molecule has 0 atom stereocenters. The zero-order chi connectivity index (χ0) is 25.7. The summed E-state index contributed by atoms with van der Waals surface area (Å²) in [4.78, 5) is 4.76. The van der Waals surface area contributed by atoms with Crippen molar-refractivity contribution in [1.82, 2.24) is 9.80 Å². The maximum atomic E-state index is 10.6. The third kappa shape index (κ3) is 6.86. The molecular formula is C30H46N2O2. The summed E-state index contributed by atoms with van der Waals surface area (Å²) in [6, 6.07) is 13.4. The molecule has 0 saturated heterocycles. The molecular weight excluding hydrogens is 420 g/mol. The summed E-state index contributed by atoms with van der Waals surface area (Å²) < 4.78 is 0. The zero-order valence-corrected chi connectivity index (χ0v) is 23.0. The van der Waals surface area contributed by atoms with E-state index in [-0.39, 0.29) is 0 Å². The second-order valence-electron chi connectivity index (χ2n) is 10.7. The molecule has 2 N–H and O–H groups in total. The van der Waals surface area contributed by atoms with Gasteiger partial charge in [-0.3, -0.25) is 9.80 Å². The fourth-order valence-corrected chi connectivity index (χ4v) is 4.64. The highest BCUT2D eigenvalue weighted by molar-refractivity contribution is 5.89. The highest BCUT2D eigenvalue weighted by Crippen LogP contribution is 2.32. The highest BCUT2D eigenvalue weighted by Gasteiger charge is 2.18. The van der Waals surface area contributed by atoms with Crippen LogP contribution in [0.4, 0.5) is 0 Å². The smallest absolute Gasteiger partial charge is 0.120 e. The van der Waals surface area contributed by atoms with Gasteiger partial charge in [0.1, 0.15) is 11.5 Å². The van der Waals surface area contributed by atoms with Crippen LogP contribution in [0.1, 0.15) is 91.5 Å². The molecule has 0 aliphatic rings. The van der Waals surface area contributed by atoms with Crippen LogP contribution in [0.3, 0.4) is 0 Å². The standard InChI is InChI=1S/C30H46N2O2/c1-19(2)31(20(3)4)17-27-15-25(11-13-29(27)33)23(9)24(10)26-12-14-30(34)28(16-26)18-32(21(5)6)22(7)8/h11-16,19-22,33-34H,17-18H2,1-10H3. The van der Waals surface area contributed by atoms with Gasteiger partial charge in [0.05, 0.1) is 0 Å². The van der Waals surface area contributed by atoms with Crippen molar-refractivity contribution >= 4 is 11.1 Å². The summed E-state index contributed by atoms with van der Waals surface area (Å²) in [6.07, 6.45) is 0. The molecule has 0 saturated carbocycles. The Morgan fingerprint density at radius 3 is 1.15 bits per heavy atom. The lowest BCUT2D eigenvalue weighted by atomic mass is 9.94. The Balaban J connectivity index is 2.43. The quantitative estimate of drug-likeness (QED) is 0.361. The summed E-state index contributed by atoms with van der Waals surface area (Å²) >= 11 is 0. The molecule has 2 rings (SSSR count). The molecule has 4 heteroatoms. The monoisotopic (exact) mass is 466 g/mol. The first kappa shape index (κ1) is 27.9. The Morgan fingerprint density at radius 1 is 0.588 bits per heavy atom. The number of benzene rings is 2. The van der Waals surface area contributed by atoms with Crippen molar-refractivity contribution < 1.29 is 10.2 Å². The molecule has 0 spiro atoms. The van der Waals surface area contributed by atoms with Crippen molar-refractivity contribution in [1.29, 1.82) is 0 Å². The predicted molar refractivity (Wildman–Crippen MR) is 146 cm³/mol. The average molecular weight is 467 g/mol. The van der Waals surface area contributed by atoms with Crippen molar-refractivity contribution in [2.75, 3.05) is 0 Å². The number of phenols is 2. The van der Waals surface area contributed by atoms with E-state index < -0.39 is 0 Å². The van der Waals surface area contributed by atoms with E-state index in [9.17, 15) is 10.2 Å². The number of nitrogens with zero attached hydrogens (tertiary/aromatic N) is 2. The van der Waals surface area contributed by atoms with Crippen molar-refractivity contribution in [3.63, 3.8) is 0 Å². The summed E-state index contributed by atoms with van der Waals surface area (Å²) in [7, 11) is 0. The van der Waals surface area contributed by atoms with E-state index in [1.54, 1.807) is 0 Å². The van der Waals surface area contributed by atoms with Gasteiger partial charge in [0.25, 0.3) is 0 Å². The Bertz CT molecular complexity index is 894. The average Bonchev–Trinajstić information content (AvgIpc) is 2.75. The van der Waals surface area contributed by atoms with Gasteiger partial charge in [-0.25, -0.2) is 0 Å². The van der Waals surface area contributed by atoms with Gasteiger partial charge in [0.2, 0.25) is 0 Å². The summed E-state index contributed by atoms with van der Waals surface area (Å²) in [5.41, 5.74) is 6.45. The minimum Gasteiger partial charge on any atom is -0.508 e. The molecule has 188 valence electrons. The van der Waals surface area contributed by atoms with E-state index in [0.717, 1.165) is 22.3 Å². The van der Waals surface area contributed by atoms with Crippen molar-refractivity contribution in [3.8, 4) is 11.5 Å². The number of rotatable bonds is 10. The van der Waals surface area contributed by atoms with E-state index in [1.165, 1.54) is 11.1 Å². The van der Waals surface area contributed by atoms with Crippen LogP contribution >= 0.6 is 0 Å². The van der Waals surface area contributed by atoms with Gasteiger partial charge in [-0.05, 0) is 116 Å². The van der Waals surface area contributed by atoms with Crippen LogP contribution in [0.25, 0.3) is 11.1 Å². The summed E-state index contributed by atoms with van der Waals surface area (Å²) in [5, 5.41) is 21.1. The fraction of sp³-hybridized carbons (Fsp3) is 0.533. The second-order valence-corrected chi connectivity index (χ2v) is 10.7. The van der Waals surface area contributed by atoms with Crippen LogP contribution in [0.15, 0.2) is 36.4 Å². The lowest BCUT2D eigenvalue weighted by molar-refractivity contribution is 0.164. The Labute approximate surface area is 207 Å². The molecule has 0 aromatic heterocycles. The second kappa shape index (κ2) is 11.9. The highest BCUT2D eigenvalue weighted by atomic mass is 16.3. The van der Waals surface area contributed by atoms with Crippen LogP contribution in [0.5, 0.6) is 11.5 Å². The Morgan fingerprint density at radius 2 is 0.882 bits per heavy atom. The van der Waals surface area contributed by atoms with E-state index in [4.69, 9.17) is 0 Å². The molecule has 0 unspecified atom stereocenters. The van der Waals surface area contributed by atoms with Crippen molar-refractivity contribution in [2.45, 2.75) is 106 Å². The Kier molecular flexibility index (Phi) is 9.78. The number of allylic oxidation sites excluding steroid dienone is 2. The minimum atomic E-state index is 0.342. The molecule has 0 fully saturated rings. The van der Waals surface area contributed by atoms with Crippen molar-refractivity contribution in [2.24, 2.45) is 0 Å². The first-order chi connectivity index (χ1) is 15.8. The first-order valence-electron chi connectivity index (χ1n) is 12.7. The molecule has 0 amide bonds. The number of hydrogen-bond acceptors (Lipinski definition) is 4. The molecule has 2 aromatic rings. The van der Waals surface area contributed by atoms with Crippen LogP contribution in [0, 0.1) is 0 Å². The molecule has 0 aliphatic heterocycles. The molecule has 34 heavy (non-hydrogen) atoms. The largest absolute Gasteiger partial charge is 0.508 e. The van der Waals surface area contributed by atoms with Gasteiger partial charge in [-0.15, -0.1) is 0 Å². The van der Waals surface area contributed by atoms with E-state index in [0.29, 0.717) is 48.8 Å². The zero-order valence-electron chi connectivity index (χ0n) is 23.0. The predicted octanol–water partition coefficient (Wildman–Crippen LogP) is 7.29. The SMILES string of the molecule is CC(=C(C)c1ccc(O)c(CN(C(C)C)C(C)C)c1)c1ccc(O)c(CN(C(C)C)C(C)C)c1. The third-order valence-corrected chi connectivity index (χ3v) is 6.95. The van der Waals surface area contributed by atoms with Gasteiger partial charge in [-0.2, -0.15) is 0 Å². The summed E-state index contributed by atoms with van der Waals surface area (Å²) in [5.74, 6) is 0.685. The number of aromatic hydroxyl groups is 2.